The Balaban J connectivity index is 2.77. The van der Waals surface area contributed by atoms with Crippen LogP contribution < -0.4 is 0 Å². The molecule has 3 nitrogen and oxygen atoms in total. The van der Waals surface area contributed by atoms with E-state index in [0.29, 0.717) is 40.9 Å². The Kier molecular flexibility index (Phi) is 7.03. The van der Waals surface area contributed by atoms with Gasteiger partial charge in [0.25, 0.3) is 0 Å². The van der Waals surface area contributed by atoms with Crippen LogP contribution in [0.15, 0.2) is 23.4 Å². The minimum absolute atomic E-state index is 0.226. The molecule has 0 fully saturated rings. The number of hydrogen-bond acceptors (Lipinski definition) is 3. The largest absolute Gasteiger partial charge is 0.399 e. The zero-order valence-corrected chi connectivity index (χ0v) is 13.5. The monoisotopic (exact) mass is 315 g/mol. The Morgan fingerprint density at radius 3 is 2.50 bits per heavy atom. The van der Waals surface area contributed by atoms with Crippen LogP contribution in [0.25, 0.3) is 0 Å². The van der Waals surface area contributed by atoms with E-state index in [1.54, 1.807) is 12.1 Å². The van der Waals surface area contributed by atoms with Gasteiger partial charge in [0.2, 0.25) is 0 Å². The van der Waals surface area contributed by atoms with Gasteiger partial charge in [-0.05, 0) is 18.1 Å². The second-order valence-electron chi connectivity index (χ2n) is 4.99. The summed E-state index contributed by atoms with van der Waals surface area (Å²) in [7, 11) is 1.48. The molecule has 0 amide bonds. The van der Waals surface area contributed by atoms with Crippen LogP contribution in [0.1, 0.15) is 38.7 Å². The van der Waals surface area contributed by atoms with Crippen molar-refractivity contribution in [3.63, 3.8) is 0 Å². The molecule has 110 valence electrons. The third-order valence-electron chi connectivity index (χ3n) is 2.73. The average molecular weight is 316 g/mol. The number of hydrogen-bond donors (Lipinski definition) is 0. The van der Waals surface area contributed by atoms with Crippen molar-refractivity contribution < 1.29 is 9.63 Å². The third kappa shape index (κ3) is 5.51. The minimum Gasteiger partial charge on any atom is -0.399 e. The van der Waals surface area contributed by atoms with E-state index in [2.05, 4.69) is 5.16 Å². The van der Waals surface area contributed by atoms with Gasteiger partial charge in [0, 0.05) is 24.8 Å². The van der Waals surface area contributed by atoms with E-state index in [9.17, 15) is 4.79 Å². The molecule has 0 N–H and O–H groups in total. The van der Waals surface area contributed by atoms with Gasteiger partial charge in [0.15, 0.2) is 0 Å². The molecule has 0 saturated carbocycles. The summed E-state index contributed by atoms with van der Waals surface area (Å²) in [5, 5.41) is 4.93. The first-order chi connectivity index (χ1) is 9.43. The molecule has 0 aromatic heterocycles. The number of carbonyl (C=O) groups excluding carboxylic acids is 1. The molecule has 0 atom stereocenters. The molecule has 0 aliphatic rings. The topological polar surface area (TPSA) is 38.7 Å². The Hall–Kier alpha value is -1.06. The zero-order valence-electron chi connectivity index (χ0n) is 12.0. The molecule has 0 unspecified atom stereocenters. The van der Waals surface area contributed by atoms with Crippen LogP contribution in [0.3, 0.4) is 0 Å². The highest BCUT2D eigenvalue weighted by molar-refractivity contribution is 6.42. The van der Waals surface area contributed by atoms with Crippen LogP contribution in [-0.2, 0) is 9.63 Å². The second kappa shape index (κ2) is 8.28. The molecule has 1 aromatic rings. The van der Waals surface area contributed by atoms with Gasteiger partial charge in [0.1, 0.15) is 12.9 Å². The Labute approximate surface area is 129 Å². The number of oxime groups is 1. The van der Waals surface area contributed by atoms with E-state index in [-0.39, 0.29) is 5.78 Å². The summed E-state index contributed by atoms with van der Waals surface area (Å²) < 4.78 is 0. The van der Waals surface area contributed by atoms with Crippen molar-refractivity contribution in [2.75, 3.05) is 7.11 Å². The first kappa shape index (κ1) is 17.0. The lowest BCUT2D eigenvalue weighted by Gasteiger charge is -2.08. The fraction of sp³-hybridized carbons (Fsp3) is 0.467. The average Bonchev–Trinajstić information content (AvgIpc) is 2.37. The van der Waals surface area contributed by atoms with E-state index in [4.69, 9.17) is 28.0 Å². The summed E-state index contributed by atoms with van der Waals surface area (Å²) in [5.74, 6) is 0.596. The number of benzene rings is 1. The fourth-order valence-corrected chi connectivity index (χ4v) is 2.14. The van der Waals surface area contributed by atoms with Crippen molar-refractivity contribution >= 4 is 34.7 Å². The van der Waals surface area contributed by atoms with E-state index in [1.807, 2.05) is 19.9 Å². The van der Waals surface area contributed by atoms with Crippen LogP contribution in [0, 0.1) is 5.92 Å². The molecule has 0 heterocycles. The summed E-state index contributed by atoms with van der Waals surface area (Å²) in [6, 6.07) is 5.26. The van der Waals surface area contributed by atoms with Gasteiger partial charge < -0.3 is 4.84 Å². The second-order valence-corrected chi connectivity index (χ2v) is 5.80. The highest BCUT2D eigenvalue weighted by Gasteiger charge is 2.11. The molecule has 0 aliphatic carbocycles. The smallest absolute Gasteiger partial charge is 0.133 e. The molecule has 0 spiro atoms. The van der Waals surface area contributed by atoms with Gasteiger partial charge >= 0.3 is 0 Å². The van der Waals surface area contributed by atoms with Gasteiger partial charge in [0.05, 0.1) is 15.8 Å². The van der Waals surface area contributed by atoms with Crippen molar-refractivity contribution in [1.82, 2.24) is 0 Å². The number of carbonyl (C=O) groups is 1. The van der Waals surface area contributed by atoms with Gasteiger partial charge in [-0.3, -0.25) is 4.79 Å². The fourth-order valence-electron chi connectivity index (χ4n) is 1.84. The highest BCUT2D eigenvalue weighted by atomic mass is 35.5. The summed E-state index contributed by atoms with van der Waals surface area (Å²) in [4.78, 5) is 16.6. The van der Waals surface area contributed by atoms with Crippen molar-refractivity contribution in [3.8, 4) is 0 Å². The number of rotatable bonds is 7. The van der Waals surface area contributed by atoms with Crippen LogP contribution in [0.4, 0.5) is 0 Å². The van der Waals surface area contributed by atoms with E-state index >= 15 is 0 Å². The summed E-state index contributed by atoms with van der Waals surface area (Å²) in [6.45, 7) is 4.06. The maximum atomic E-state index is 11.8. The lowest BCUT2D eigenvalue weighted by atomic mass is 10.00. The van der Waals surface area contributed by atoms with E-state index < -0.39 is 0 Å². The standard InChI is InChI=1S/C15H19Cl2NO2/c1-10(2)8-12(19)5-7-15(18-20-3)11-4-6-13(16)14(17)9-11/h4,6,9-10H,5,7-8H2,1-3H3/b18-15-. The predicted molar refractivity (Wildman–Crippen MR) is 83.7 cm³/mol. The Morgan fingerprint density at radius 1 is 1.25 bits per heavy atom. The maximum Gasteiger partial charge on any atom is 0.133 e. The zero-order chi connectivity index (χ0) is 15.1. The normalized spacial score (nSPS) is 11.8. The van der Waals surface area contributed by atoms with Gasteiger partial charge in [-0.1, -0.05) is 48.3 Å². The molecule has 0 radical (unpaired) electrons. The Bertz CT molecular complexity index is 499. The number of nitrogens with zero attached hydrogens (tertiary/aromatic N) is 1. The first-order valence-corrected chi connectivity index (χ1v) is 7.26. The lowest BCUT2D eigenvalue weighted by molar-refractivity contribution is -0.119. The maximum absolute atomic E-state index is 11.8. The lowest BCUT2D eigenvalue weighted by Crippen LogP contribution is -2.08. The molecule has 1 aromatic carbocycles. The molecule has 1 rings (SSSR count). The summed E-state index contributed by atoms with van der Waals surface area (Å²) in [6.07, 6.45) is 1.56. The van der Waals surface area contributed by atoms with Crippen LogP contribution in [0.2, 0.25) is 10.0 Å². The molecule has 0 saturated heterocycles. The van der Waals surface area contributed by atoms with Gasteiger partial charge in [-0.25, -0.2) is 0 Å². The third-order valence-corrected chi connectivity index (χ3v) is 3.47. The predicted octanol–water partition coefficient (Wildman–Crippen LogP) is 4.74. The molecular formula is C15H19Cl2NO2. The molecule has 0 aliphatic heterocycles. The van der Waals surface area contributed by atoms with E-state index in [1.165, 1.54) is 7.11 Å². The van der Waals surface area contributed by atoms with Crippen LogP contribution >= 0.6 is 23.2 Å². The molecule has 5 heteroatoms. The van der Waals surface area contributed by atoms with Gasteiger partial charge in [-0.2, -0.15) is 0 Å². The summed E-state index contributed by atoms with van der Waals surface area (Å²) >= 11 is 11.9. The molecular weight excluding hydrogens is 297 g/mol. The SMILES string of the molecule is CO/N=C(/CCC(=O)CC(C)C)c1ccc(Cl)c(Cl)c1. The van der Waals surface area contributed by atoms with E-state index in [0.717, 1.165) is 5.56 Å². The first-order valence-electron chi connectivity index (χ1n) is 6.51. The van der Waals surface area contributed by atoms with Crippen molar-refractivity contribution in [2.24, 2.45) is 11.1 Å². The summed E-state index contributed by atoms with van der Waals surface area (Å²) in [5.41, 5.74) is 1.52. The molecule has 20 heavy (non-hydrogen) atoms. The van der Waals surface area contributed by atoms with Gasteiger partial charge in [-0.15, -0.1) is 0 Å². The molecule has 0 bridgehead atoms. The van der Waals surface area contributed by atoms with Crippen LogP contribution in [-0.4, -0.2) is 18.6 Å². The van der Waals surface area contributed by atoms with Crippen molar-refractivity contribution in [1.29, 1.82) is 0 Å². The quantitative estimate of drug-likeness (QED) is 0.538. The van der Waals surface area contributed by atoms with Crippen LogP contribution in [0.5, 0.6) is 0 Å². The van der Waals surface area contributed by atoms with Crippen molar-refractivity contribution in [3.05, 3.63) is 33.8 Å². The number of Topliss-reactive ketones (excluding diaryl/α,β-unsaturated/α-hetero) is 1. The Morgan fingerprint density at radius 2 is 1.95 bits per heavy atom. The minimum atomic E-state index is 0.226. The number of ketones is 1. The number of halogens is 2. The highest BCUT2D eigenvalue weighted by Crippen LogP contribution is 2.24. The van der Waals surface area contributed by atoms with Crippen molar-refractivity contribution in [2.45, 2.75) is 33.1 Å².